The van der Waals surface area contributed by atoms with Gasteiger partial charge in [0, 0.05) is 15.9 Å². The highest BCUT2D eigenvalue weighted by Crippen LogP contribution is 2.30. The van der Waals surface area contributed by atoms with Crippen molar-refractivity contribution in [3.8, 4) is 0 Å². The summed E-state index contributed by atoms with van der Waals surface area (Å²) in [5.41, 5.74) is 0. The molecule has 0 heterocycles. The van der Waals surface area contributed by atoms with E-state index in [4.69, 9.17) is 9.16 Å². The van der Waals surface area contributed by atoms with Crippen LogP contribution in [0.4, 0.5) is 0 Å². The van der Waals surface area contributed by atoms with Gasteiger partial charge in [0.15, 0.2) is 0 Å². The summed E-state index contributed by atoms with van der Waals surface area (Å²) in [6.45, 7) is 10.5. The molecule has 2 aromatic rings. The van der Waals surface area contributed by atoms with E-state index in [0.29, 0.717) is 5.95 Å². The Morgan fingerprint density at radius 2 is 1.77 bits per heavy atom. The number of benzene rings is 2. The molecular formula is C18H22O2SSi. The first-order valence-electron chi connectivity index (χ1n) is 7.18. The molecule has 0 N–H and O–H groups in total. The Morgan fingerprint density at radius 3 is 2.41 bits per heavy atom. The van der Waals surface area contributed by atoms with Gasteiger partial charge in [-0.3, -0.25) is 0 Å². The van der Waals surface area contributed by atoms with E-state index in [1.165, 1.54) is 10.8 Å². The van der Waals surface area contributed by atoms with Gasteiger partial charge in [0.2, 0.25) is 8.32 Å². The standard InChI is InChI=1S/C18H22O2SSi/c1-14(12-18(19-2)20-22(3,4)5)21-17-11-10-15-8-6-7-9-16(15)13-17/h6-13H,1H2,2-5H3/b18-12+. The lowest BCUT2D eigenvalue weighted by Crippen LogP contribution is -2.25. The second kappa shape index (κ2) is 7.07. The third-order valence-electron chi connectivity index (χ3n) is 2.86. The monoisotopic (exact) mass is 330 g/mol. The van der Waals surface area contributed by atoms with Gasteiger partial charge >= 0.3 is 0 Å². The summed E-state index contributed by atoms with van der Waals surface area (Å²) in [6, 6.07) is 14.7. The largest absolute Gasteiger partial charge is 0.520 e. The second-order valence-electron chi connectivity index (χ2n) is 5.96. The number of rotatable bonds is 6. The first-order valence-corrected chi connectivity index (χ1v) is 11.4. The van der Waals surface area contributed by atoms with E-state index in [1.54, 1.807) is 18.9 Å². The summed E-state index contributed by atoms with van der Waals surface area (Å²) in [6.07, 6.45) is 1.86. The third kappa shape index (κ3) is 4.96. The summed E-state index contributed by atoms with van der Waals surface area (Å²) in [4.78, 5) is 2.05. The van der Waals surface area contributed by atoms with Gasteiger partial charge in [-0.15, -0.1) is 0 Å². The molecule has 2 aromatic carbocycles. The number of methoxy groups -OCH3 is 1. The average molecular weight is 331 g/mol. The second-order valence-corrected chi connectivity index (χ2v) is 11.6. The smallest absolute Gasteiger partial charge is 0.266 e. The molecule has 0 spiro atoms. The van der Waals surface area contributed by atoms with Crippen LogP contribution in [0.1, 0.15) is 0 Å². The van der Waals surface area contributed by atoms with Gasteiger partial charge in [-0.1, -0.05) is 48.7 Å². The van der Waals surface area contributed by atoms with Crippen LogP contribution < -0.4 is 0 Å². The Balaban J connectivity index is 2.12. The lowest BCUT2D eigenvalue weighted by Gasteiger charge is -2.20. The third-order valence-corrected chi connectivity index (χ3v) is 4.54. The zero-order valence-corrected chi connectivity index (χ0v) is 15.4. The zero-order valence-electron chi connectivity index (χ0n) is 13.6. The molecule has 2 nitrogen and oxygen atoms in total. The summed E-state index contributed by atoms with van der Waals surface area (Å²) in [7, 11) is -0.0551. The molecule has 0 aromatic heterocycles. The van der Waals surface area contributed by atoms with E-state index in [2.05, 4.69) is 68.7 Å². The van der Waals surface area contributed by atoms with Gasteiger partial charge < -0.3 is 9.16 Å². The van der Waals surface area contributed by atoms with Crippen molar-refractivity contribution in [2.24, 2.45) is 0 Å². The molecule has 0 amide bonds. The topological polar surface area (TPSA) is 18.5 Å². The number of ether oxygens (including phenoxy) is 1. The Morgan fingerprint density at radius 1 is 1.09 bits per heavy atom. The number of allylic oxidation sites excluding steroid dienone is 1. The van der Waals surface area contributed by atoms with Crippen LogP contribution in [-0.4, -0.2) is 15.4 Å². The van der Waals surface area contributed by atoms with Crippen LogP contribution in [0, 0.1) is 0 Å². The van der Waals surface area contributed by atoms with Crippen LogP contribution in [-0.2, 0) is 9.16 Å². The highest BCUT2D eigenvalue weighted by Gasteiger charge is 2.18. The van der Waals surface area contributed by atoms with Crippen molar-refractivity contribution in [2.75, 3.05) is 7.11 Å². The van der Waals surface area contributed by atoms with Gasteiger partial charge in [0.25, 0.3) is 5.95 Å². The maximum atomic E-state index is 5.87. The molecule has 0 unspecified atom stereocenters. The van der Waals surface area contributed by atoms with E-state index in [0.717, 1.165) is 9.80 Å². The number of fused-ring (bicyclic) bond motifs is 1. The van der Waals surface area contributed by atoms with Crippen LogP contribution in [0.2, 0.25) is 19.6 Å². The van der Waals surface area contributed by atoms with Crippen molar-refractivity contribution in [3.05, 3.63) is 66.0 Å². The van der Waals surface area contributed by atoms with Crippen LogP contribution in [0.3, 0.4) is 0 Å². The number of thioether (sulfide) groups is 1. The van der Waals surface area contributed by atoms with Crippen molar-refractivity contribution in [1.29, 1.82) is 0 Å². The molecule has 4 heteroatoms. The first-order chi connectivity index (χ1) is 10.4. The van der Waals surface area contributed by atoms with Crippen LogP contribution in [0.25, 0.3) is 10.8 Å². The molecule has 0 saturated carbocycles. The molecule has 0 atom stereocenters. The van der Waals surface area contributed by atoms with Gasteiger partial charge in [0.1, 0.15) is 0 Å². The lowest BCUT2D eigenvalue weighted by molar-refractivity contribution is 0.147. The minimum atomic E-state index is -1.68. The SMILES string of the molecule is C=C(/C=C(\OC)O[Si](C)(C)C)Sc1ccc2ccccc2c1. The molecule has 22 heavy (non-hydrogen) atoms. The summed E-state index contributed by atoms with van der Waals surface area (Å²) in [5.74, 6) is 0.539. The van der Waals surface area contributed by atoms with Crippen molar-refractivity contribution in [1.82, 2.24) is 0 Å². The molecule has 0 bridgehead atoms. The Bertz CT molecular complexity index is 702. The summed E-state index contributed by atoms with van der Waals surface area (Å²) in [5, 5.41) is 2.47. The van der Waals surface area contributed by atoms with Gasteiger partial charge in [-0.2, -0.15) is 0 Å². The van der Waals surface area contributed by atoms with E-state index < -0.39 is 8.32 Å². The van der Waals surface area contributed by atoms with Crippen molar-refractivity contribution >= 4 is 30.9 Å². The van der Waals surface area contributed by atoms with E-state index >= 15 is 0 Å². The van der Waals surface area contributed by atoms with Crippen molar-refractivity contribution in [2.45, 2.75) is 24.5 Å². The van der Waals surface area contributed by atoms with E-state index in [9.17, 15) is 0 Å². The molecule has 0 fully saturated rings. The molecule has 0 aliphatic rings. The lowest BCUT2D eigenvalue weighted by atomic mass is 10.1. The molecule has 116 valence electrons. The van der Waals surface area contributed by atoms with Crippen molar-refractivity contribution in [3.63, 3.8) is 0 Å². The van der Waals surface area contributed by atoms with Crippen molar-refractivity contribution < 1.29 is 9.16 Å². The van der Waals surface area contributed by atoms with Crippen LogP contribution in [0.15, 0.2) is 70.9 Å². The van der Waals surface area contributed by atoms with E-state index in [-0.39, 0.29) is 0 Å². The predicted molar refractivity (Wildman–Crippen MR) is 98.5 cm³/mol. The summed E-state index contributed by atoms with van der Waals surface area (Å²) >= 11 is 1.61. The summed E-state index contributed by atoms with van der Waals surface area (Å²) < 4.78 is 11.2. The molecule has 0 radical (unpaired) electrons. The van der Waals surface area contributed by atoms with Gasteiger partial charge in [-0.05, 0) is 42.5 Å². The number of hydrogen-bond acceptors (Lipinski definition) is 3. The fraction of sp³-hybridized carbons (Fsp3) is 0.222. The minimum absolute atomic E-state index is 0.539. The molecule has 0 aliphatic heterocycles. The fourth-order valence-electron chi connectivity index (χ4n) is 1.98. The fourth-order valence-corrected chi connectivity index (χ4v) is 3.50. The Kier molecular flexibility index (Phi) is 5.37. The van der Waals surface area contributed by atoms with Gasteiger partial charge in [0.05, 0.1) is 7.11 Å². The Hall–Kier alpha value is -1.65. The predicted octanol–water partition coefficient (Wildman–Crippen LogP) is 5.78. The average Bonchev–Trinajstić information content (AvgIpc) is 2.45. The number of hydrogen-bond donors (Lipinski definition) is 0. The first kappa shape index (κ1) is 16.7. The maximum absolute atomic E-state index is 5.87. The minimum Gasteiger partial charge on any atom is -0.520 e. The van der Waals surface area contributed by atoms with Gasteiger partial charge in [-0.25, -0.2) is 0 Å². The highest BCUT2D eigenvalue weighted by molar-refractivity contribution is 8.03. The molecule has 0 saturated heterocycles. The Labute approximate surface area is 138 Å². The highest BCUT2D eigenvalue weighted by atomic mass is 32.2. The quantitative estimate of drug-likeness (QED) is 0.289. The van der Waals surface area contributed by atoms with Crippen LogP contribution in [0.5, 0.6) is 0 Å². The molecular weight excluding hydrogens is 308 g/mol. The normalized spacial score (nSPS) is 12.3. The van der Waals surface area contributed by atoms with E-state index in [1.807, 2.05) is 6.08 Å². The molecule has 0 aliphatic carbocycles. The molecule has 2 rings (SSSR count). The van der Waals surface area contributed by atoms with Crippen LogP contribution >= 0.6 is 11.8 Å². The maximum Gasteiger partial charge on any atom is 0.266 e. The zero-order chi connectivity index (χ0) is 16.2.